The fourth-order valence-electron chi connectivity index (χ4n) is 2.21. The monoisotopic (exact) mass is 282 g/mol. The Labute approximate surface area is 121 Å². The summed E-state index contributed by atoms with van der Waals surface area (Å²) in [5.41, 5.74) is 5.98. The summed E-state index contributed by atoms with van der Waals surface area (Å²) in [4.78, 5) is 0. The number of methoxy groups -OCH3 is 1. The lowest BCUT2D eigenvalue weighted by Gasteiger charge is -2.28. The predicted molar refractivity (Wildman–Crippen MR) is 79.6 cm³/mol. The quantitative estimate of drug-likeness (QED) is 0.435. The second-order valence-corrected chi connectivity index (χ2v) is 4.55. The molecule has 3 N–H and O–H groups in total. The molecule has 1 rings (SSSR count). The summed E-state index contributed by atoms with van der Waals surface area (Å²) in [6, 6.07) is 3.76. The van der Waals surface area contributed by atoms with Gasteiger partial charge in [-0.15, -0.1) is 0 Å². The summed E-state index contributed by atoms with van der Waals surface area (Å²) in [7, 11) is 1.66. The average molecular weight is 282 g/mol. The molecule has 0 spiro atoms. The van der Waals surface area contributed by atoms with E-state index in [-0.39, 0.29) is 6.04 Å². The molecule has 0 saturated carbocycles. The second-order valence-electron chi connectivity index (χ2n) is 4.55. The van der Waals surface area contributed by atoms with E-state index in [0.717, 1.165) is 16.9 Å². The third-order valence-corrected chi connectivity index (χ3v) is 3.36. The van der Waals surface area contributed by atoms with Crippen molar-refractivity contribution in [3.8, 4) is 5.75 Å². The van der Waals surface area contributed by atoms with E-state index in [1.54, 1.807) is 7.11 Å². The van der Waals surface area contributed by atoms with E-state index in [4.69, 9.17) is 20.1 Å². The minimum Gasteiger partial charge on any atom is -0.496 e. The maximum atomic E-state index is 5.71. The van der Waals surface area contributed by atoms with Gasteiger partial charge in [-0.2, -0.15) is 0 Å². The Morgan fingerprint density at radius 1 is 1.15 bits per heavy atom. The standard InChI is InChI=1S/C15H26N2O3/c1-6-19-15(20-7-2)13(17-16)12-9-8-10(3)11(4)14(12)18-5/h8-9,13,15,17H,6-7,16H2,1-5H3. The van der Waals surface area contributed by atoms with Crippen LogP contribution in [0.1, 0.15) is 36.6 Å². The molecule has 0 aromatic heterocycles. The number of rotatable bonds is 8. The first-order valence-corrected chi connectivity index (χ1v) is 6.94. The van der Waals surface area contributed by atoms with Gasteiger partial charge in [-0.1, -0.05) is 12.1 Å². The Morgan fingerprint density at radius 2 is 1.75 bits per heavy atom. The minimum atomic E-state index is -0.453. The zero-order valence-electron chi connectivity index (χ0n) is 13.0. The van der Waals surface area contributed by atoms with Gasteiger partial charge in [0.2, 0.25) is 0 Å². The van der Waals surface area contributed by atoms with Crippen LogP contribution in [0.4, 0.5) is 0 Å². The zero-order chi connectivity index (χ0) is 15.1. The van der Waals surface area contributed by atoms with Gasteiger partial charge >= 0.3 is 0 Å². The van der Waals surface area contributed by atoms with Crippen molar-refractivity contribution in [2.24, 2.45) is 5.84 Å². The maximum Gasteiger partial charge on any atom is 0.178 e. The molecule has 1 unspecified atom stereocenters. The van der Waals surface area contributed by atoms with E-state index in [1.807, 2.05) is 32.9 Å². The molecular weight excluding hydrogens is 256 g/mol. The van der Waals surface area contributed by atoms with Gasteiger partial charge in [-0.3, -0.25) is 5.84 Å². The van der Waals surface area contributed by atoms with Crippen LogP contribution < -0.4 is 16.0 Å². The molecule has 0 heterocycles. The van der Waals surface area contributed by atoms with Gasteiger partial charge in [-0.25, -0.2) is 5.43 Å². The molecule has 1 aromatic rings. The number of nitrogens with two attached hydrogens (primary N) is 1. The van der Waals surface area contributed by atoms with Crippen LogP contribution in [-0.2, 0) is 9.47 Å². The number of aryl methyl sites for hydroxylation is 1. The molecule has 0 saturated heterocycles. The minimum absolute atomic E-state index is 0.288. The van der Waals surface area contributed by atoms with Crippen molar-refractivity contribution >= 4 is 0 Å². The van der Waals surface area contributed by atoms with Gasteiger partial charge in [0, 0.05) is 18.8 Å². The van der Waals surface area contributed by atoms with Gasteiger partial charge in [0.15, 0.2) is 6.29 Å². The summed E-state index contributed by atoms with van der Waals surface area (Å²) < 4.78 is 16.8. The molecule has 0 amide bonds. The summed E-state index contributed by atoms with van der Waals surface area (Å²) in [5, 5.41) is 0. The SMILES string of the molecule is CCOC(OCC)C(NN)c1ccc(C)c(C)c1OC. The van der Waals surface area contributed by atoms with E-state index >= 15 is 0 Å². The average Bonchev–Trinajstić information content (AvgIpc) is 2.44. The highest BCUT2D eigenvalue weighted by atomic mass is 16.7. The number of nitrogens with one attached hydrogen (secondary N) is 1. The topological polar surface area (TPSA) is 65.7 Å². The van der Waals surface area contributed by atoms with Crippen molar-refractivity contribution in [3.05, 3.63) is 28.8 Å². The van der Waals surface area contributed by atoms with Gasteiger partial charge in [0.25, 0.3) is 0 Å². The van der Waals surface area contributed by atoms with Crippen LogP contribution in [0.5, 0.6) is 5.75 Å². The smallest absolute Gasteiger partial charge is 0.178 e. The van der Waals surface area contributed by atoms with Crippen molar-refractivity contribution in [3.63, 3.8) is 0 Å². The number of ether oxygens (including phenoxy) is 3. The number of hydrogen-bond donors (Lipinski definition) is 2. The van der Waals surface area contributed by atoms with Crippen molar-refractivity contribution < 1.29 is 14.2 Å². The fraction of sp³-hybridized carbons (Fsp3) is 0.600. The Kier molecular flexibility index (Phi) is 6.95. The Bertz CT molecular complexity index is 418. The fourth-order valence-corrected chi connectivity index (χ4v) is 2.21. The highest BCUT2D eigenvalue weighted by Gasteiger charge is 2.27. The van der Waals surface area contributed by atoms with Gasteiger partial charge in [-0.05, 0) is 38.8 Å². The summed E-state index contributed by atoms with van der Waals surface area (Å²) in [5.74, 6) is 6.53. The predicted octanol–water partition coefficient (Wildman–Crippen LogP) is 2.22. The molecule has 0 aliphatic carbocycles. The van der Waals surface area contributed by atoms with Crippen molar-refractivity contribution in [2.75, 3.05) is 20.3 Å². The molecule has 5 nitrogen and oxygen atoms in total. The van der Waals surface area contributed by atoms with Crippen LogP contribution in [0.25, 0.3) is 0 Å². The molecule has 0 bridgehead atoms. The molecule has 5 heteroatoms. The van der Waals surface area contributed by atoms with E-state index in [9.17, 15) is 0 Å². The molecule has 1 atom stereocenters. The van der Waals surface area contributed by atoms with Crippen molar-refractivity contribution in [2.45, 2.75) is 40.0 Å². The Hall–Kier alpha value is -1.14. The van der Waals surface area contributed by atoms with E-state index in [0.29, 0.717) is 13.2 Å². The maximum absolute atomic E-state index is 5.71. The lowest BCUT2D eigenvalue weighted by Crippen LogP contribution is -2.40. The number of benzene rings is 1. The molecule has 114 valence electrons. The first-order valence-electron chi connectivity index (χ1n) is 6.94. The highest BCUT2D eigenvalue weighted by Crippen LogP contribution is 2.33. The van der Waals surface area contributed by atoms with Crippen LogP contribution in [0.2, 0.25) is 0 Å². The van der Waals surface area contributed by atoms with Crippen molar-refractivity contribution in [1.82, 2.24) is 5.43 Å². The summed E-state index contributed by atoms with van der Waals surface area (Å²) >= 11 is 0. The normalized spacial score (nSPS) is 12.8. The first kappa shape index (κ1) is 16.9. The molecule has 20 heavy (non-hydrogen) atoms. The van der Waals surface area contributed by atoms with Gasteiger partial charge < -0.3 is 14.2 Å². The Balaban J connectivity index is 3.19. The zero-order valence-corrected chi connectivity index (χ0v) is 13.0. The molecule has 1 aromatic carbocycles. The number of hydrogen-bond acceptors (Lipinski definition) is 5. The molecule has 0 aliphatic rings. The Morgan fingerprint density at radius 3 is 2.20 bits per heavy atom. The summed E-state index contributed by atoms with van der Waals surface area (Å²) in [6.07, 6.45) is -0.453. The summed E-state index contributed by atoms with van der Waals surface area (Å²) in [6.45, 7) is 9.04. The van der Waals surface area contributed by atoms with Gasteiger partial charge in [0.05, 0.1) is 7.11 Å². The van der Waals surface area contributed by atoms with Crippen LogP contribution in [0.3, 0.4) is 0 Å². The molecule has 0 aliphatic heterocycles. The van der Waals surface area contributed by atoms with Crippen LogP contribution in [0.15, 0.2) is 12.1 Å². The van der Waals surface area contributed by atoms with Crippen LogP contribution >= 0.6 is 0 Å². The van der Waals surface area contributed by atoms with E-state index < -0.39 is 6.29 Å². The lowest BCUT2D eigenvalue weighted by molar-refractivity contribution is -0.155. The first-order chi connectivity index (χ1) is 9.60. The third-order valence-electron chi connectivity index (χ3n) is 3.36. The molecule has 0 radical (unpaired) electrons. The number of hydrazine groups is 1. The van der Waals surface area contributed by atoms with Crippen molar-refractivity contribution in [1.29, 1.82) is 0 Å². The largest absolute Gasteiger partial charge is 0.496 e. The lowest BCUT2D eigenvalue weighted by atomic mass is 9.99. The van der Waals surface area contributed by atoms with Crippen LogP contribution in [-0.4, -0.2) is 26.6 Å². The van der Waals surface area contributed by atoms with Crippen LogP contribution in [0, 0.1) is 13.8 Å². The highest BCUT2D eigenvalue weighted by molar-refractivity contribution is 5.47. The second kappa shape index (κ2) is 8.21. The van der Waals surface area contributed by atoms with E-state index in [1.165, 1.54) is 5.56 Å². The molecular formula is C15H26N2O3. The van der Waals surface area contributed by atoms with Gasteiger partial charge in [0.1, 0.15) is 11.8 Å². The molecule has 0 fully saturated rings. The van der Waals surface area contributed by atoms with E-state index in [2.05, 4.69) is 12.3 Å². The third kappa shape index (κ3) is 3.70.